The first-order valence-electron chi connectivity index (χ1n) is 4.22. The first-order chi connectivity index (χ1) is 6.98. The van der Waals surface area contributed by atoms with Gasteiger partial charge < -0.3 is 15.0 Å². The van der Waals surface area contributed by atoms with Crippen LogP contribution in [0.3, 0.4) is 0 Å². The van der Waals surface area contributed by atoms with Gasteiger partial charge in [0.2, 0.25) is 5.89 Å². The second-order valence-electron chi connectivity index (χ2n) is 3.26. The molecule has 0 bridgehead atoms. The molecule has 1 saturated heterocycles. The Bertz CT molecular complexity index is 351. The largest absolute Gasteiger partial charge is 0.455 e. The lowest BCUT2D eigenvalue weighted by molar-refractivity contribution is -0.146. The summed E-state index contributed by atoms with van der Waals surface area (Å²) in [6, 6.07) is -0.397. The van der Waals surface area contributed by atoms with Crippen molar-refractivity contribution in [3.8, 4) is 0 Å². The Morgan fingerprint density at radius 1 is 1.33 bits per heavy atom. The first kappa shape index (κ1) is 10.4. The van der Waals surface area contributed by atoms with Crippen molar-refractivity contribution in [2.45, 2.75) is 18.1 Å². The van der Waals surface area contributed by atoms with E-state index in [-0.39, 0.29) is 19.1 Å². The van der Waals surface area contributed by atoms with Gasteiger partial charge in [0.1, 0.15) is 0 Å². The quantitative estimate of drug-likeness (QED) is 0.751. The number of halogens is 3. The molecule has 2 N–H and O–H groups in total. The Morgan fingerprint density at radius 3 is 2.53 bits per heavy atom. The molecule has 0 aliphatic carbocycles. The second-order valence-corrected chi connectivity index (χ2v) is 3.26. The Labute approximate surface area is 82.4 Å². The average Bonchev–Trinajstić information content (AvgIpc) is 2.69. The van der Waals surface area contributed by atoms with Gasteiger partial charge in [-0.2, -0.15) is 18.2 Å². The normalized spacial score (nSPS) is 27.2. The summed E-state index contributed by atoms with van der Waals surface area (Å²) < 4.78 is 45.9. The highest BCUT2D eigenvalue weighted by Crippen LogP contribution is 2.29. The van der Waals surface area contributed by atoms with E-state index in [1.54, 1.807) is 0 Å². The third-order valence-electron chi connectivity index (χ3n) is 2.14. The van der Waals surface area contributed by atoms with Crippen molar-refractivity contribution in [2.24, 2.45) is 5.73 Å². The predicted octanol–water partition coefficient (Wildman–Crippen LogP) is 0.530. The molecule has 2 heterocycles. The molecule has 1 aliphatic heterocycles. The van der Waals surface area contributed by atoms with Crippen LogP contribution in [0.25, 0.3) is 0 Å². The highest BCUT2D eigenvalue weighted by Gasteiger charge is 2.39. The number of ether oxygens (including phenoxy) is 1. The standard InChI is InChI=1S/C7H8F3N3O2/c8-7(9,10)6-12-5(15-13-6)3-1-14-2-4(3)11/h3-4H,1-2,11H2. The van der Waals surface area contributed by atoms with E-state index in [4.69, 9.17) is 10.5 Å². The molecule has 1 aliphatic rings. The minimum absolute atomic E-state index is 0.118. The third-order valence-corrected chi connectivity index (χ3v) is 2.14. The van der Waals surface area contributed by atoms with Crippen molar-refractivity contribution in [3.05, 3.63) is 11.7 Å². The van der Waals surface area contributed by atoms with Crippen LogP contribution in [0.15, 0.2) is 4.52 Å². The minimum Gasteiger partial charge on any atom is -0.379 e. The Balaban J connectivity index is 2.20. The number of rotatable bonds is 1. The van der Waals surface area contributed by atoms with Crippen LogP contribution < -0.4 is 5.73 Å². The van der Waals surface area contributed by atoms with Crippen molar-refractivity contribution in [1.82, 2.24) is 10.1 Å². The molecule has 8 heteroatoms. The lowest BCUT2D eigenvalue weighted by Gasteiger charge is -2.06. The fourth-order valence-electron chi connectivity index (χ4n) is 1.33. The van der Waals surface area contributed by atoms with Gasteiger partial charge in [0.15, 0.2) is 0 Å². The molecular weight excluding hydrogens is 215 g/mol. The van der Waals surface area contributed by atoms with Gasteiger partial charge in [0, 0.05) is 6.04 Å². The van der Waals surface area contributed by atoms with Crippen molar-refractivity contribution in [1.29, 1.82) is 0 Å². The minimum atomic E-state index is -4.59. The molecule has 2 unspecified atom stereocenters. The Hall–Kier alpha value is -1.15. The average molecular weight is 223 g/mol. The van der Waals surface area contributed by atoms with Crippen LogP contribution in [0.5, 0.6) is 0 Å². The number of hydrogen-bond donors (Lipinski definition) is 1. The summed E-state index contributed by atoms with van der Waals surface area (Å²) in [5.41, 5.74) is 5.60. The van der Waals surface area contributed by atoms with E-state index >= 15 is 0 Å². The Kier molecular flexibility index (Phi) is 2.39. The van der Waals surface area contributed by atoms with Gasteiger partial charge in [-0.05, 0) is 0 Å². The van der Waals surface area contributed by atoms with Gasteiger partial charge in [0.25, 0.3) is 5.82 Å². The maximum absolute atomic E-state index is 12.1. The molecule has 2 atom stereocenters. The van der Waals surface area contributed by atoms with Crippen LogP contribution in [-0.4, -0.2) is 29.4 Å². The van der Waals surface area contributed by atoms with Gasteiger partial charge >= 0.3 is 6.18 Å². The number of aromatic nitrogens is 2. The van der Waals surface area contributed by atoms with Gasteiger partial charge in [-0.15, -0.1) is 0 Å². The van der Waals surface area contributed by atoms with Crippen LogP contribution in [0, 0.1) is 0 Å². The van der Waals surface area contributed by atoms with E-state index in [2.05, 4.69) is 14.7 Å². The molecule has 1 aromatic heterocycles. The summed E-state index contributed by atoms with van der Waals surface area (Å²) in [7, 11) is 0. The lowest BCUT2D eigenvalue weighted by Crippen LogP contribution is -2.27. The third kappa shape index (κ3) is 1.95. The number of nitrogens with two attached hydrogens (primary N) is 1. The molecule has 0 spiro atoms. The van der Waals surface area contributed by atoms with Crippen LogP contribution in [0.2, 0.25) is 0 Å². The summed E-state index contributed by atoms with van der Waals surface area (Å²) in [5.74, 6) is -1.85. The highest BCUT2D eigenvalue weighted by molar-refractivity contribution is 5.02. The first-order valence-corrected chi connectivity index (χ1v) is 4.22. The molecule has 0 amide bonds. The van der Waals surface area contributed by atoms with Crippen molar-refractivity contribution in [3.63, 3.8) is 0 Å². The summed E-state index contributed by atoms with van der Waals surface area (Å²) >= 11 is 0. The summed E-state index contributed by atoms with van der Waals surface area (Å²) in [5, 5.41) is 2.84. The van der Waals surface area contributed by atoms with Crippen LogP contribution in [0.4, 0.5) is 13.2 Å². The van der Waals surface area contributed by atoms with Crippen LogP contribution >= 0.6 is 0 Å². The number of hydrogen-bond acceptors (Lipinski definition) is 5. The zero-order chi connectivity index (χ0) is 11.1. The van der Waals surface area contributed by atoms with Crippen LogP contribution in [-0.2, 0) is 10.9 Å². The Morgan fingerprint density at radius 2 is 2.07 bits per heavy atom. The molecule has 15 heavy (non-hydrogen) atoms. The lowest BCUT2D eigenvalue weighted by atomic mass is 10.1. The predicted molar refractivity (Wildman–Crippen MR) is 40.8 cm³/mol. The maximum Gasteiger partial charge on any atom is 0.455 e. The van der Waals surface area contributed by atoms with E-state index in [9.17, 15) is 13.2 Å². The highest BCUT2D eigenvalue weighted by atomic mass is 19.4. The zero-order valence-electron chi connectivity index (χ0n) is 7.49. The molecule has 1 fully saturated rings. The van der Waals surface area contributed by atoms with E-state index in [1.807, 2.05) is 0 Å². The van der Waals surface area contributed by atoms with E-state index in [0.717, 1.165) is 0 Å². The van der Waals surface area contributed by atoms with E-state index < -0.39 is 24.0 Å². The van der Waals surface area contributed by atoms with Crippen molar-refractivity contribution in [2.75, 3.05) is 13.2 Å². The SMILES string of the molecule is NC1COCC1c1nc(C(F)(F)F)no1. The molecule has 0 aromatic carbocycles. The van der Waals surface area contributed by atoms with Gasteiger partial charge in [-0.1, -0.05) is 5.16 Å². The summed E-state index contributed by atoms with van der Waals surface area (Å²) in [6.45, 7) is 0.495. The molecule has 2 rings (SSSR count). The molecule has 84 valence electrons. The topological polar surface area (TPSA) is 74.2 Å². The molecule has 0 saturated carbocycles. The maximum atomic E-state index is 12.1. The summed E-state index contributed by atoms with van der Waals surface area (Å²) in [4.78, 5) is 3.25. The van der Waals surface area contributed by atoms with Gasteiger partial charge in [-0.25, -0.2) is 0 Å². The van der Waals surface area contributed by atoms with Crippen molar-refractivity contribution >= 4 is 0 Å². The molecular formula is C7H8F3N3O2. The second kappa shape index (κ2) is 3.46. The molecule has 0 radical (unpaired) electrons. The summed E-state index contributed by atoms with van der Waals surface area (Å²) in [6.07, 6.45) is -4.59. The number of nitrogens with zero attached hydrogens (tertiary/aromatic N) is 2. The smallest absolute Gasteiger partial charge is 0.379 e. The fourth-order valence-corrected chi connectivity index (χ4v) is 1.33. The van der Waals surface area contributed by atoms with Gasteiger partial charge in [0.05, 0.1) is 19.1 Å². The monoisotopic (exact) mass is 223 g/mol. The molecule has 5 nitrogen and oxygen atoms in total. The zero-order valence-corrected chi connectivity index (χ0v) is 7.49. The van der Waals surface area contributed by atoms with E-state index in [0.29, 0.717) is 0 Å². The van der Waals surface area contributed by atoms with Crippen LogP contribution in [0.1, 0.15) is 17.6 Å². The molecule has 1 aromatic rings. The van der Waals surface area contributed by atoms with E-state index in [1.165, 1.54) is 0 Å². The number of alkyl halides is 3. The van der Waals surface area contributed by atoms with Crippen molar-refractivity contribution < 1.29 is 22.4 Å². The van der Waals surface area contributed by atoms with Gasteiger partial charge in [-0.3, -0.25) is 0 Å². The fraction of sp³-hybridized carbons (Fsp3) is 0.714.